The Morgan fingerprint density at radius 3 is 2.71 bits per heavy atom. The van der Waals surface area contributed by atoms with Crippen LogP contribution in [-0.4, -0.2) is 19.8 Å². The number of nitrogens with one attached hydrogen (secondary N) is 1. The van der Waals surface area contributed by atoms with E-state index < -0.39 is 10.0 Å². The van der Waals surface area contributed by atoms with Gasteiger partial charge >= 0.3 is 0 Å². The highest BCUT2D eigenvalue weighted by molar-refractivity contribution is 7.89. The lowest BCUT2D eigenvalue weighted by atomic mass is 10.1. The van der Waals surface area contributed by atoms with Gasteiger partial charge in [0.1, 0.15) is 0 Å². The SMILES string of the molecule is CN(Cc1ccc(Cl)s1)S(=O)(=O)c1ccc2c(c1)CNC2. The minimum Gasteiger partial charge on any atom is -0.309 e. The van der Waals surface area contributed by atoms with Crippen LogP contribution in [0.15, 0.2) is 35.2 Å². The van der Waals surface area contributed by atoms with Gasteiger partial charge in [-0.25, -0.2) is 8.42 Å². The molecule has 7 heteroatoms. The van der Waals surface area contributed by atoms with Crippen molar-refractivity contribution in [2.24, 2.45) is 0 Å². The molecule has 1 aromatic heterocycles. The summed E-state index contributed by atoms with van der Waals surface area (Å²) in [6, 6.07) is 8.97. The van der Waals surface area contributed by atoms with Crippen LogP contribution >= 0.6 is 22.9 Å². The molecule has 0 saturated heterocycles. The summed E-state index contributed by atoms with van der Waals surface area (Å²) in [4.78, 5) is 1.27. The first kappa shape index (κ1) is 15.0. The molecule has 0 saturated carbocycles. The van der Waals surface area contributed by atoms with Crippen LogP contribution in [0.25, 0.3) is 0 Å². The van der Waals surface area contributed by atoms with Crippen LogP contribution in [0.3, 0.4) is 0 Å². The van der Waals surface area contributed by atoms with Gasteiger partial charge in [-0.3, -0.25) is 0 Å². The smallest absolute Gasteiger partial charge is 0.243 e. The first-order valence-electron chi connectivity index (χ1n) is 6.50. The second-order valence-corrected chi connectivity index (χ2v) is 8.85. The van der Waals surface area contributed by atoms with Crippen LogP contribution in [0, 0.1) is 0 Å². The molecule has 0 fully saturated rings. The summed E-state index contributed by atoms with van der Waals surface area (Å²) in [7, 11) is -1.89. The van der Waals surface area contributed by atoms with Crippen molar-refractivity contribution in [3.8, 4) is 0 Å². The van der Waals surface area contributed by atoms with Crippen molar-refractivity contribution in [3.05, 3.63) is 50.7 Å². The molecule has 0 spiro atoms. The summed E-state index contributed by atoms with van der Waals surface area (Å²) in [5, 5.41) is 3.22. The minimum absolute atomic E-state index is 0.328. The Morgan fingerprint density at radius 1 is 1.24 bits per heavy atom. The summed E-state index contributed by atoms with van der Waals surface area (Å²) in [5.41, 5.74) is 2.23. The topological polar surface area (TPSA) is 49.4 Å². The molecule has 2 aromatic rings. The van der Waals surface area contributed by atoms with Gasteiger partial charge in [-0.2, -0.15) is 4.31 Å². The first-order chi connectivity index (χ1) is 9.96. The molecular formula is C14H15ClN2O2S2. The van der Waals surface area contributed by atoms with Gasteiger partial charge in [0.2, 0.25) is 10.0 Å². The zero-order valence-corrected chi connectivity index (χ0v) is 13.9. The largest absolute Gasteiger partial charge is 0.309 e. The number of fused-ring (bicyclic) bond motifs is 1. The fraction of sp³-hybridized carbons (Fsp3) is 0.286. The number of hydrogen-bond acceptors (Lipinski definition) is 4. The van der Waals surface area contributed by atoms with E-state index in [0.29, 0.717) is 15.8 Å². The fourth-order valence-electron chi connectivity index (χ4n) is 2.35. The highest BCUT2D eigenvalue weighted by atomic mass is 35.5. The molecule has 1 aliphatic heterocycles. The van der Waals surface area contributed by atoms with Gasteiger partial charge in [0, 0.05) is 31.6 Å². The number of benzene rings is 1. The molecular weight excluding hydrogens is 328 g/mol. The molecule has 0 bridgehead atoms. The zero-order chi connectivity index (χ0) is 15.0. The van der Waals surface area contributed by atoms with Crippen LogP contribution in [-0.2, 0) is 29.7 Å². The lowest BCUT2D eigenvalue weighted by Gasteiger charge is -2.17. The number of hydrogen-bond donors (Lipinski definition) is 1. The van der Waals surface area contributed by atoms with E-state index in [1.165, 1.54) is 21.2 Å². The van der Waals surface area contributed by atoms with Crippen molar-refractivity contribution >= 4 is 33.0 Å². The molecule has 112 valence electrons. The predicted octanol–water partition coefficient (Wildman–Crippen LogP) is 2.83. The van der Waals surface area contributed by atoms with Crippen molar-refractivity contribution in [3.63, 3.8) is 0 Å². The van der Waals surface area contributed by atoms with Gasteiger partial charge in [0.15, 0.2) is 0 Å². The monoisotopic (exact) mass is 342 g/mol. The van der Waals surface area contributed by atoms with Crippen molar-refractivity contribution in [1.82, 2.24) is 9.62 Å². The molecule has 21 heavy (non-hydrogen) atoms. The number of rotatable bonds is 4. The van der Waals surface area contributed by atoms with Crippen LogP contribution < -0.4 is 5.32 Å². The second kappa shape index (κ2) is 5.70. The van der Waals surface area contributed by atoms with Gasteiger partial charge in [-0.05, 0) is 35.4 Å². The zero-order valence-electron chi connectivity index (χ0n) is 11.5. The van der Waals surface area contributed by atoms with Gasteiger partial charge in [-0.15, -0.1) is 11.3 Å². The molecule has 3 rings (SSSR count). The Hall–Kier alpha value is -0.920. The van der Waals surface area contributed by atoms with E-state index >= 15 is 0 Å². The molecule has 0 atom stereocenters. The number of thiophene rings is 1. The fourth-order valence-corrected chi connectivity index (χ4v) is 4.78. The molecule has 0 radical (unpaired) electrons. The van der Waals surface area contributed by atoms with E-state index in [2.05, 4.69) is 5.32 Å². The van der Waals surface area contributed by atoms with Gasteiger partial charge in [-0.1, -0.05) is 17.7 Å². The van der Waals surface area contributed by atoms with E-state index in [1.54, 1.807) is 25.2 Å². The predicted molar refractivity (Wildman–Crippen MR) is 85.0 cm³/mol. The van der Waals surface area contributed by atoms with Crippen LogP contribution in [0.2, 0.25) is 4.34 Å². The van der Waals surface area contributed by atoms with Crippen LogP contribution in [0.4, 0.5) is 0 Å². The van der Waals surface area contributed by atoms with E-state index in [9.17, 15) is 8.42 Å². The third-order valence-corrected chi connectivity index (χ3v) is 6.54. The van der Waals surface area contributed by atoms with Crippen LogP contribution in [0.5, 0.6) is 0 Å². The summed E-state index contributed by atoms with van der Waals surface area (Å²) in [6.45, 7) is 1.86. The van der Waals surface area contributed by atoms with Gasteiger partial charge < -0.3 is 5.32 Å². The average Bonchev–Trinajstić information content (AvgIpc) is 3.06. The summed E-state index contributed by atoms with van der Waals surface area (Å²) in [6.07, 6.45) is 0. The average molecular weight is 343 g/mol. The number of sulfonamides is 1. The van der Waals surface area contributed by atoms with E-state index in [4.69, 9.17) is 11.6 Å². The summed E-state index contributed by atoms with van der Waals surface area (Å²) < 4.78 is 27.3. The molecule has 1 N–H and O–H groups in total. The maximum absolute atomic E-state index is 12.6. The van der Waals surface area contributed by atoms with Crippen molar-refractivity contribution in [2.45, 2.75) is 24.5 Å². The van der Waals surface area contributed by atoms with Crippen molar-refractivity contribution in [2.75, 3.05) is 7.05 Å². The highest BCUT2D eigenvalue weighted by Gasteiger charge is 2.23. The number of nitrogens with zero attached hydrogens (tertiary/aromatic N) is 1. The first-order valence-corrected chi connectivity index (χ1v) is 9.13. The quantitative estimate of drug-likeness (QED) is 0.929. The van der Waals surface area contributed by atoms with E-state index in [-0.39, 0.29) is 0 Å². The molecule has 4 nitrogen and oxygen atoms in total. The maximum atomic E-state index is 12.6. The third-order valence-electron chi connectivity index (χ3n) is 3.52. The number of halogens is 1. The van der Waals surface area contributed by atoms with Gasteiger partial charge in [0.25, 0.3) is 0 Å². The van der Waals surface area contributed by atoms with Crippen LogP contribution in [0.1, 0.15) is 16.0 Å². The Bertz CT molecular complexity index is 771. The van der Waals surface area contributed by atoms with Crippen molar-refractivity contribution < 1.29 is 8.42 Å². The normalized spacial score (nSPS) is 14.6. The Balaban J connectivity index is 1.85. The van der Waals surface area contributed by atoms with E-state index in [0.717, 1.165) is 23.5 Å². The lowest BCUT2D eigenvalue weighted by Crippen LogP contribution is -2.26. The Morgan fingerprint density at radius 2 is 2.00 bits per heavy atom. The Labute approximate surface area is 133 Å². The lowest BCUT2D eigenvalue weighted by molar-refractivity contribution is 0.469. The molecule has 2 heterocycles. The summed E-state index contributed by atoms with van der Waals surface area (Å²) in [5.74, 6) is 0. The second-order valence-electron chi connectivity index (χ2n) is 5.00. The van der Waals surface area contributed by atoms with Gasteiger partial charge in [0.05, 0.1) is 9.23 Å². The third kappa shape index (κ3) is 3.00. The molecule has 0 amide bonds. The molecule has 1 aliphatic rings. The summed E-state index contributed by atoms with van der Waals surface area (Å²) >= 11 is 7.28. The minimum atomic E-state index is -3.48. The molecule has 0 aliphatic carbocycles. The molecule has 0 unspecified atom stereocenters. The highest BCUT2D eigenvalue weighted by Crippen LogP contribution is 2.26. The maximum Gasteiger partial charge on any atom is 0.243 e. The molecule has 1 aromatic carbocycles. The van der Waals surface area contributed by atoms with E-state index in [1.807, 2.05) is 12.1 Å². The Kier molecular flexibility index (Phi) is 4.07. The van der Waals surface area contributed by atoms with Crippen molar-refractivity contribution in [1.29, 1.82) is 0 Å². The standard InChI is InChI=1S/C14H15ClN2O2S2/c1-17(9-12-3-5-14(15)20-12)21(18,19)13-4-2-10-7-16-8-11(10)6-13/h2-6,16H,7-9H2,1H3.